The maximum Gasteiger partial charge on any atom is 0.325 e. The topological polar surface area (TPSA) is 52.3 Å². The van der Waals surface area contributed by atoms with Crippen molar-refractivity contribution in [3.8, 4) is 5.75 Å². The molecule has 0 unspecified atom stereocenters. The van der Waals surface area contributed by atoms with Crippen LogP contribution in [0.15, 0.2) is 24.3 Å². The van der Waals surface area contributed by atoms with E-state index in [0.29, 0.717) is 5.75 Å². The van der Waals surface area contributed by atoms with Crippen molar-refractivity contribution in [2.24, 2.45) is 5.73 Å². The SMILES string of the molecule is NCC(=O)Oc1ccc(F)cc1. The fraction of sp³-hybridized carbons (Fsp3) is 0.125. The molecule has 64 valence electrons. The number of halogens is 1. The van der Waals surface area contributed by atoms with Gasteiger partial charge >= 0.3 is 5.97 Å². The first-order chi connectivity index (χ1) is 5.72. The second-order valence-corrected chi connectivity index (χ2v) is 2.13. The lowest BCUT2D eigenvalue weighted by molar-refractivity contribution is -0.132. The Balaban J connectivity index is 2.64. The van der Waals surface area contributed by atoms with E-state index in [0.717, 1.165) is 0 Å². The molecule has 0 atom stereocenters. The van der Waals surface area contributed by atoms with Crippen molar-refractivity contribution in [2.75, 3.05) is 6.54 Å². The molecular formula is C8H8FNO2. The quantitative estimate of drug-likeness (QED) is 0.523. The van der Waals surface area contributed by atoms with Crippen LogP contribution in [0, 0.1) is 5.82 Å². The van der Waals surface area contributed by atoms with E-state index in [9.17, 15) is 9.18 Å². The third-order valence-electron chi connectivity index (χ3n) is 1.21. The van der Waals surface area contributed by atoms with E-state index >= 15 is 0 Å². The summed E-state index contributed by atoms with van der Waals surface area (Å²) in [4.78, 5) is 10.6. The molecule has 0 spiro atoms. The fourth-order valence-corrected chi connectivity index (χ4v) is 0.676. The predicted molar refractivity (Wildman–Crippen MR) is 41.1 cm³/mol. The zero-order chi connectivity index (χ0) is 8.97. The number of carbonyl (C=O) groups is 1. The molecule has 0 radical (unpaired) electrons. The summed E-state index contributed by atoms with van der Waals surface area (Å²) < 4.78 is 17.0. The highest BCUT2D eigenvalue weighted by atomic mass is 19.1. The van der Waals surface area contributed by atoms with Crippen LogP contribution in [-0.4, -0.2) is 12.5 Å². The molecule has 12 heavy (non-hydrogen) atoms. The first-order valence-electron chi connectivity index (χ1n) is 3.38. The summed E-state index contributed by atoms with van der Waals surface area (Å²) in [5, 5.41) is 0. The van der Waals surface area contributed by atoms with Crippen molar-refractivity contribution < 1.29 is 13.9 Å². The van der Waals surface area contributed by atoms with Crippen LogP contribution < -0.4 is 10.5 Å². The Hall–Kier alpha value is -1.42. The van der Waals surface area contributed by atoms with Crippen LogP contribution in [0.1, 0.15) is 0 Å². The van der Waals surface area contributed by atoms with Crippen molar-refractivity contribution in [3.63, 3.8) is 0 Å². The lowest BCUT2D eigenvalue weighted by Crippen LogP contribution is -2.19. The average molecular weight is 169 g/mol. The van der Waals surface area contributed by atoms with Gasteiger partial charge in [0.1, 0.15) is 11.6 Å². The Morgan fingerprint density at radius 2 is 2.00 bits per heavy atom. The maximum atomic E-state index is 12.3. The molecule has 0 aliphatic rings. The Labute approximate surface area is 68.9 Å². The van der Waals surface area contributed by atoms with E-state index in [2.05, 4.69) is 4.74 Å². The summed E-state index contributed by atoms with van der Waals surface area (Å²) in [5.74, 6) is -0.615. The first-order valence-corrected chi connectivity index (χ1v) is 3.38. The van der Waals surface area contributed by atoms with Crippen molar-refractivity contribution in [2.45, 2.75) is 0 Å². The first kappa shape index (κ1) is 8.67. The van der Waals surface area contributed by atoms with E-state index < -0.39 is 5.97 Å². The molecule has 0 aromatic heterocycles. The Kier molecular flexibility index (Phi) is 2.76. The second kappa shape index (κ2) is 3.82. The molecule has 0 bridgehead atoms. The van der Waals surface area contributed by atoms with Crippen LogP contribution in [0.2, 0.25) is 0 Å². The molecule has 0 aliphatic carbocycles. The van der Waals surface area contributed by atoms with Gasteiger partial charge in [0, 0.05) is 0 Å². The molecule has 0 saturated carbocycles. The van der Waals surface area contributed by atoms with Gasteiger partial charge in [0.15, 0.2) is 0 Å². The van der Waals surface area contributed by atoms with Crippen molar-refractivity contribution in [1.82, 2.24) is 0 Å². The van der Waals surface area contributed by atoms with Crippen LogP contribution in [-0.2, 0) is 4.79 Å². The van der Waals surface area contributed by atoms with Crippen molar-refractivity contribution in [1.29, 1.82) is 0 Å². The van der Waals surface area contributed by atoms with Crippen LogP contribution in [0.4, 0.5) is 4.39 Å². The third-order valence-corrected chi connectivity index (χ3v) is 1.21. The Morgan fingerprint density at radius 1 is 1.42 bits per heavy atom. The number of esters is 1. The molecule has 1 rings (SSSR count). The van der Waals surface area contributed by atoms with Gasteiger partial charge in [0.05, 0.1) is 6.54 Å². The van der Waals surface area contributed by atoms with Gasteiger partial charge < -0.3 is 10.5 Å². The average Bonchev–Trinajstić information content (AvgIpc) is 2.09. The van der Waals surface area contributed by atoms with E-state index in [1.165, 1.54) is 24.3 Å². The summed E-state index contributed by atoms with van der Waals surface area (Å²) in [6.07, 6.45) is 0. The molecule has 0 fully saturated rings. The lowest BCUT2D eigenvalue weighted by Gasteiger charge is -2.00. The smallest absolute Gasteiger partial charge is 0.325 e. The van der Waals surface area contributed by atoms with Crippen molar-refractivity contribution >= 4 is 5.97 Å². The molecule has 2 N–H and O–H groups in total. The van der Waals surface area contributed by atoms with Gasteiger partial charge in [-0.1, -0.05) is 0 Å². The van der Waals surface area contributed by atoms with E-state index in [4.69, 9.17) is 5.73 Å². The summed E-state index contributed by atoms with van der Waals surface area (Å²) in [7, 11) is 0. The Bertz CT molecular complexity index is 271. The summed E-state index contributed by atoms with van der Waals surface area (Å²) >= 11 is 0. The number of hydrogen-bond donors (Lipinski definition) is 1. The molecule has 1 aromatic carbocycles. The fourth-order valence-electron chi connectivity index (χ4n) is 0.676. The number of benzene rings is 1. The van der Waals surface area contributed by atoms with Gasteiger partial charge in [0.2, 0.25) is 0 Å². The standard InChI is InChI=1S/C8H8FNO2/c9-6-1-3-7(4-2-6)12-8(11)5-10/h1-4H,5,10H2. The second-order valence-electron chi connectivity index (χ2n) is 2.13. The van der Waals surface area contributed by atoms with E-state index in [1.54, 1.807) is 0 Å². The molecule has 0 amide bonds. The zero-order valence-electron chi connectivity index (χ0n) is 6.29. The normalized spacial score (nSPS) is 9.50. The zero-order valence-corrected chi connectivity index (χ0v) is 6.29. The number of carbonyl (C=O) groups excluding carboxylic acids is 1. The summed E-state index contributed by atoms with van der Waals surface area (Å²) in [5.41, 5.74) is 5.00. The monoisotopic (exact) mass is 169 g/mol. The Morgan fingerprint density at radius 3 is 2.50 bits per heavy atom. The minimum Gasteiger partial charge on any atom is -0.426 e. The summed E-state index contributed by atoms with van der Waals surface area (Å²) in [6, 6.07) is 5.14. The van der Waals surface area contributed by atoms with Crippen LogP contribution >= 0.6 is 0 Å². The summed E-state index contributed by atoms with van der Waals surface area (Å²) in [6.45, 7) is -0.183. The largest absolute Gasteiger partial charge is 0.426 e. The predicted octanol–water partition coefficient (Wildman–Crippen LogP) is 0.690. The van der Waals surface area contributed by atoms with Crippen LogP contribution in [0.3, 0.4) is 0 Å². The third kappa shape index (κ3) is 2.32. The highest BCUT2D eigenvalue weighted by Crippen LogP contribution is 2.10. The molecule has 0 heterocycles. The van der Waals surface area contributed by atoms with Crippen LogP contribution in [0.25, 0.3) is 0 Å². The van der Waals surface area contributed by atoms with Gasteiger partial charge in [0.25, 0.3) is 0 Å². The van der Waals surface area contributed by atoms with Gasteiger partial charge in [-0.3, -0.25) is 4.79 Å². The van der Waals surface area contributed by atoms with Gasteiger partial charge in [-0.25, -0.2) is 4.39 Å². The molecular weight excluding hydrogens is 161 g/mol. The van der Waals surface area contributed by atoms with Gasteiger partial charge in [-0.15, -0.1) is 0 Å². The number of ether oxygens (including phenoxy) is 1. The van der Waals surface area contributed by atoms with Crippen molar-refractivity contribution in [3.05, 3.63) is 30.1 Å². The van der Waals surface area contributed by atoms with Crippen LogP contribution in [0.5, 0.6) is 5.75 Å². The molecule has 3 nitrogen and oxygen atoms in total. The molecule has 1 aromatic rings. The van der Waals surface area contributed by atoms with Gasteiger partial charge in [-0.2, -0.15) is 0 Å². The van der Waals surface area contributed by atoms with Gasteiger partial charge in [-0.05, 0) is 24.3 Å². The highest BCUT2D eigenvalue weighted by Gasteiger charge is 2.00. The lowest BCUT2D eigenvalue weighted by atomic mass is 10.3. The molecule has 4 heteroatoms. The highest BCUT2D eigenvalue weighted by molar-refractivity contribution is 5.74. The minimum atomic E-state index is -0.540. The van der Waals surface area contributed by atoms with E-state index in [-0.39, 0.29) is 12.4 Å². The van der Waals surface area contributed by atoms with E-state index in [1.807, 2.05) is 0 Å². The minimum absolute atomic E-state index is 0.183. The molecule has 0 aliphatic heterocycles. The maximum absolute atomic E-state index is 12.3. The number of rotatable bonds is 2. The number of nitrogens with two attached hydrogens (primary N) is 1. The number of hydrogen-bond acceptors (Lipinski definition) is 3. The molecule has 0 saturated heterocycles.